The molecule has 0 saturated heterocycles. The summed E-state index contributed by atoms with van der Waals surface area (Å²) in [7, 11) is 0. The second kappa shape index (κ2) is 4.22. The molecular weight excluding hydrogens is 210 g/mol. The van der Waals surface area contributed by atoms with E-state index in [4.69, 9.17) is 9.84 Å². The highest BCUT2D eigenvalue weighted by molar-refractivity contribution is 5.69. The van der Waals surface area contributed by atoms with Gasteiger partial charge >= 0.3 is 6.09 Å². The molecule has 0 bridgehead atoms. The largest absolute Gasteiger partial charge is 0.444 e. The number of rotatable bonds is 3. The number of carbonyl (C=O) groups is 1. The van der Waals surface area contributed by atoms with Gasteiger partial charge in [-0.1, -0.05) is 0 Å². The van der Waals surface area contributed by atoms with Crippen molar-refractivity contribution < 1.29 is 19.7 Å². The quantitative estimate of drug-likeness (QED) is 0.666. The van der Waals surface area contributed by atoms with Crippen LogP contribution < -0.4 is 5.32 Å². The van der Waals surface area contributed by atoms with Gasteiger partial charge in [0.05, 0.1) is 12.7 Å². The Hall–Kier alpha value is -0.810. The molecule has 5 nitrogen and oxygen atoms in total. The van der Waals surface area contributed by atoms with Crippen molar-refractivity contribution >= 4 is 6.09 Å². The first-order valence-corrected chi connectivity index (χ1v) is 5.48. The third kappa shape index (κ3) is 3.35. The molecule has 94 valence electrons. The van der Waals surface area contributed by atoms with E-state index >= 15 is 0 Å². The van der Waals surface area contributed by atoms with E-state index < -0.39 is 23.3 Å². The SMILES string of the molecule is CC(C)(C)OC(=O)N[C@@]1(C)C[C@H]1[C@H](O)CO. The van der Waals surface area contributed by atoms with Crippen LogP contribution in [0.25, 0.3) is 0 Å². The summed E-state index contributed by atoms with van der Waals surface area (Å²) in [5, 5.41) is 21.0. The van der Waals surface area contributed by atoms with Gasteiger partial charge in [-0.2, -0.15) is 0 Å². The number of aliphatic hydroxyl groups is 2. The van der Waals surface area contributed by atoms with Gasteiger partial charge in [-0.25, -0.2) is 4.79 Å². The molecule has 0 radical (unpaired) electrons. The summed E-state index contributed by atoms with van der Waals surface area (Å²) < 4.78 is 5.12. The van der Waals surface area contributed by atoms with Gasteiger partial charge in [-0.05, 0) is 34.1 Å². The molecule has 1 fully saturated rings. The van der Waals surface area contributed by atoms with Crippen LogP contribution in [0, 0.1) is 5.92 Å². The molecule has 0 unspecified atom stereocenters. The maximum atomic E-state index is 11.5. The first kappa shape index (κ1) is 13.3. The number of hydrogen-bond donors (Lipinski definition) is 3. The zero-order valence-electron chi connectivity index (χ0n) is 10.3. The standard InChI is InChI=1S/C11H21NO4/c1-10(2,3)16-9(15)12-11(4)5-7(11)8(14)6-13/h7-8,13-14H,5-6H2,1-4H3,(H,12,15)/t7-,8+,11-/m0/s1. The van der Waals surface area contributed by atoms with Gasteiger partial charge in [0.1, 0.15) is 5.60 Å². The van der Waals surface area contributed by atoms with Gasteiger partial charge < -0.3 is 20.3 Å². The van der Waals surface area contributed by atoms with Crippen LogP contribution in [0.15, 0.2) is 0 Å². The van der Waals surface area contributed by atoms with Crippen LogP contribution in [-0.2, 0) is 4.74 Å². The van der Waals surface area contributed by atoms with E-state index in [2.05, 4.69) is 5.32 Å². The van der Waals surface area contributed by atoms with Crippen LogP contribution in [-0.4, -0.2) is 40.2 Å². The van der Waals surface area contributed by atoms with Crippen molar-refractivity contribution in [1.29, 1.82) is 0 Å². The van der Waals surface area contributed by atoms with Gasteiger partial charge in [-0.15, -0.1) is 0 Å². The van der Waals surface area contributed by atoms with Crippen LogP contribution in [0.4, 0.5) is 4.79 Å². The summed E-state index contributed by atoms with van der Waals surface area (Å²) in [5.41, 5.74) is -0.981. The highest BCUT2D eigenvalue weighted by Crippen LogP contribution is 2.45. The number of carbonyl (C=O) groups excluding carboxylic acids is 1. The van der Waals surface area contributed by atoms with Crippen molar-refractivity contribution in [2.45, 2.75) is 51.4 Å². The number of ether oxygens (including phenoxy) is 1. The van der Waals surface area contributed by atoms with Crippen LogP contribution >= 0.6 is 0 Å². The first-order chi connectivity index (χ1) is 7.18. The van der Waals surface area contributed by atoms with Gasteiger partial charge in [0.2, 0.25) is 0 Å². The summed E-state index contributed by atoms with van der Waals surface area (Å²) >= 11 is 0. The van der Waals surface area contributed by atoms with Crippen molar-refractivity contribution in [3.63, 3.8) is 0 Å². The summed E-state index contributed by atoms with van der Waals surface area (Å²) in [4.78, 5) is 11.5. The van der Waals surface area contributed by atoms with Gasteiger partial charge in [-0.3, -0.25) is 0 Å². The smallest absolute Gasteiger partial charge is 0.408 e. The number of alkyl carbamates (subject to hydrolysis) is 1. The molecule has 1 amide bonds. The summed E-state index contributed by atoms with van der Waals surface area (Å²) in [6.07, 6.45) is -0.601. The molecule has 0 spiro atoms. The Labute approximate surface area is 95.8 Å². The highest BCUT2D eigenvalue weighted by Gasteiger charge is 2.55. The Morgan fingerprint density at radius 1 is 1.62 bits per heavy atom. The van der Waals surface area contributed by atoms with Gasteiger partial charge in [0, 0.05) is 11.5 Å². The first-order valence-electron chi connectivity index (χ1n) is 5.48. The molecule has 1 saturated carbocycles. The Balaban J connectivity index is 2.42. The lowest BCUT2D eigenvalue weighted by atomic mass is 10.1. The molecule has 1 aliphatic carbocycles. The fraction of sp³-hybridized carbons (Fsp3) is 0.909. The van der Waals surface area contributed by atoms with E-state index in [1.807, 2.05) is 6.92 Å². The van der Waals surface area contributed by atoms with Crippen molar-refractivity contribution in [3.8, 4) is 0 Å². The predicted molar refractivity (Wildman–Crippen MR) is 59.0 cm³/mol. The third-order valence-electron chi connectivity index (χ3n) is 2.74. The van der Waals surface area contributed by atoms with E-state index in [0.717, 1.165) is 0 Å². The summed E-state index contributed by atoms with van der Waals surface area (Å²) in [6, 6.07) is 0. The van der Waals surface area contributed by atoms with Gasteiger partial charge in [0.25, 0.3) is 0 Å². The summed E-state index contributed by atoms with van der Waals surface area (Å²) in [6.45, 7) is 6.93. The van der Waals surface area contributed by atoms with Gasteiger partial charge in [0.15, 0.2) is 0 Å². The molecule has 0 aromatic carbocycles. The van der Waals surface area contributed by atoms with Crippen molar-refractivity contribution in [3.05, 3.63) is 0 Å². The molecule has 0 aliphatic heterocycles. The molecule has 3 N–H and O–H groups in total. The molecule has 0 aromatic rings. The molecule has 16 heavy (non-hydrogen) atoms. The minimum absolute atomic E-state index is 0.0926. The normalized spacial score (nSPS) is 30.8. The number of aliphatic hydroxyl groups excluding tert-OH is 2. The van der Waals surface area contributed by atoms with E-state index in [9.17, 15) is 9.90 Å². The van der Waals surface area contributed by atoms with Crippen LogP contribution in [0.1, 0.15) is 34.1 Å². The van der Waals surface area contributed by atoms with E-state index in [-0.39, 0.29) is 12.5 Å². The summed E-state index contributed by atoms with van der Waals surface area (Å²) in [5.74, 6) is -0.0926. The Morgan fingerprint density at radius 2 is 2.19 bits per heavy atom. The van der Waals surface area contributed by atoms with Crippen molar-refractivity contribution in [2.24, 2.45) is 5.92 Å². The Bertz CT molecular complexity index is 274. The van der Waals surface area contributed by atoms with Crippen LogP contribution in [0.3, 0.4) is 0 Å². The lowest BCUT2D eigenvalue weighted by Crippen LogP contribution is -2.41. The van der Waals surface area contributed by atoms with Crippen molar-refractivity contribution in [2.75, 3.05) is 6.61 Å². The molecule has 3 atom stereocenters. The number of amides is 1. The lowest BCUT2D eigenvalue weighted by molar-refractivity contribution is 0.0449. The predicted octanol–water partition coefficient (Wildman–Crippen LogP) is 0.643. The van der Waals surface area contributed by atoms with E-state index in [0.29, 0.717) is 6.42 Å². The van der Waals surface area contributed by atoms with Crippen LogP contribution in [0.2, 0.25) is 0 Å². The second-order valence-corrected chi connectivity index (χ2v) is 5.60. The lowest BCUT2D eigenvalue weighted by Gasteiger charge is -2.22. The maximum Gasteiger partial charge on any atom is 0.408 e. The maximum absolute atomic E-state index is 11.5. The average Bonchev–Trinajstić information content (AvgIpc) is 2.72. The minimum atomic E-state index is -0.778. The fourth-order valence-electron chi connectivity index (χ4n) is 1.77. The zero-order chi connectivity index (χ0) is 12.6. The van der Waals surface area contributed by atoms with Crippen molar-refractivity contribution in [1.82, 2.24) is 5.32 Å². The van der Waals surface area contributed by atoms with E-state index in [1.165, 1.54) is 0 Å². The van der Waals surface area contributed by atoms with E-state index in [1.54, 1.807) is 20.8 Å². The zero-order valence-corrected chi connectivity index (χ0v) is 10.3. The molecule has 0 heterocycles. The fourth-order valence-corrected chi connectivity index (χ4v) is 1.77. The molecule has 0 aromatic heterocycles. The Morgan fingerprint density at radius 3 is 2.62 bits per heavy atom. The highest BCUT2D eigenvalue weighted by atomic mass is 16.6. The molecular formula is C11H21NO4. The molecule has 5 heteroatoms. The number of nitrogens with one attached hydrogen (secondary N) is 1. The monoisotopic (exact) mass is 231 g/mol. The average molecular weight is 231 g/mol. The second-order valence-electron chi connectivity index (χ2n) is 5.60. The van der Waals surface area contributed by atoms with Crippen LogP contribution in [0.5, 0.6) is 0 Å². The molecule has 1 rings (SSSR count). The Kier molecular flexibility index (Phi) is 3.50. The topological polar surface area (TPSA) is 78.8 Å². The number of hydrogen-bond acceptors (Lipinski definition) is 4. The minimum Gasteiger partial charge on any atom is -0.444 e. The third-order valence-corrected chi connectivity index (χ3v) is 2.74. The molecule has 1 aliphatic rings.